The Morgan fingerprint density at radius 2 is 2.06 bits per heavy atom. The lowest BCUT2D eigenvalue weighted by molar-refractivity contribution is -0.172. The molecule has 0 bridgehead atoms. The Morgan fingerprint density at radius 3 is 2.44 bits per heavy atom. The van der Waals surface area contributed by atoms with Crippen LogP contribution in [0.3, 0.4) is 0 Å². The second kappa shape index (κ2) is 4.02. The van der Waals surface area contributed by atoms with Crippen LogP contribution in [0.2, 0.25) is 0 Å². The van der Waals surface area contributed by atoms with E-state index in [9.17, 15) is 4.79 Å². The van der Waals surface area contributed by atoms with Gasteiger partial charge >= 0.3 is 5.97 Å². The van der Waals surface area contributed by atoms with Gasteiger partial charge in [0.05, 0.1) is 5.41 Å². The number of carbonyl (C=O) groups is 1. The average molecular weight is 225 g/mol. The van der Waals surface area contributed by atoms with E-state index in [-0.39, 0.29) is 17.0 Å². The van der Waals surface area contributed by atoms with E-state index in [1.807, 2.05) is 20.8 Å². The summed E-state index contributed by atoms with van der Waals surface area (Å²) in [5, 5.41) is 3.33. The summed E-state index contributed by atoms with van der Waals surface area (Å²) in [4.78, 5) is 12.4. The van der Waals surface area contributed by atoms with Crippen LogP contribution in [-0.2, 0) is 9.53 Å². The van der Waals surface area contributed by atoms with Crippen LogP contribution in [0, 0.1) is 11.3 Å². The van der Waals surface area contributed by atoms with E-state index in [2.05, 4.69) is 5.32 Å². The smallest absolute Gasteiger partial charge is 0.314 e. The molecule has 3 nitrogen and oxygen atoms in total. The third kappa shape index (κ3) is 2.10. The first kappa shape index (κ1) is 11.9. The van der Waals surface area contributed by atoms with E-state index in [1.54, 1.807) is 0 Å². The Balaban J connectivity index is 2.09. The highest BCUT2D eigenvalue weighted by molar-refractivity contribution is 5.78. The molecule has 0 aromatic heterocycles. The van der Waals surface area contributed by atoms with Crippen molar-refractivity contribution in [1.82, 2.24) is 5.32 Å². The molecular weight excluding hydrogens is 202 g/mol. The van der Waals surface area contributed by atoms with Crippen molar-refractivity contribution in [3.05, 3.63) is 0 Å². The number of hydrogen-bond acceptors (Lipinski definition) is 3. The fourth-order valence-electron chi connectivity index (χ4n) is 2.74. The van der Waals surface area contributed by atoms with Gasteiger partial charge in [-0.25, -0.2) is 0 Å². The Labute approximate surface area is 97.9 Å². The topological polar surface area (TPSA) is 38.3 Å². The van der Waals surface area contributed by atoms with E-state index in [0.29, 0.717) is 5.92 Å². The van der Waals surface area contributed by atoms with Gasteiger partial charge in [-0.1, -0.05) is 6.42 Å². The molecule has 1 atom stereocenters. The van der Waals surface area contributed by atoms with Gasteiger partial charge in [-0.15, -0.1) is 0 Å². The highest BCUT2D eigenvalue weighted by Gasteiger charge is 2.51. The molecular formula is C13H23NO2. The summed E-state index contributed by atoms with van der Waals surface area (Å²) in [6, 6.07) is 0. The first-order valence-electron chi connectivity index (χ1n) is 6.38. The highest BCUT2D eigenvalue weighted by Crippen LogP contribution is 2.47. The summed E-state index contributed by atoms with van der Waals surface area (Å²) in [6.07, 6.45) is 4.61. The van der Waals surface area contributed by atoms with Crippen molar-refractivity contribution in [1.29, 1.82) is 0 Å². The van der Waals surface area contributed by atoms with Crippen molar-refractivity contribution in [3.8, 4) is 0 Å². The van der Waals surface area contributed by atoms with Crippen LogP contribution in [0.4, 0.5) is 0 Å². The van der Waals surface area contributed by atoms with Gasteiger partial charge in [-0.2, -0.15) is 0 Å². The van der Waals surface area contributed by atoms with E-state index < -0.39 is 0 Å². The second-order valence-electron chi connectivity index (χ2n) is 6.21. The molecule has 16 heavy (non-hydrogen) atoms. The standard InChI is InChI=1S/C13H23NO2/c1-12(2,3)16-11(15)13(7-8-14-9-13)10-5-4-6-10/h10,14H,4-9H2,1-3H3. The molecule has 92 valence electrons. The van der Waals surface area contributed by atoms with Crippen molar-refractivity contribution < 1.29 is 9.53 Å². The molecule has 0 aromatic rings. The minimum atomic E-state index is -0.365. The number of nitrogens with one attached hydrogen (secondary N) is 1. The van der Waals surface area contributed by atoms with Gasteiger partial charge in [-0.3, -0.25) is 4.79 Å². The van der Waals surface area contributed by atoms with Crippen LogP contribution in [0.1, 0.15) is 46.5 Å². The molecule has 0 aromatic carbocycles. The van der Waals surface area contributed by atoms with Crippen LogP contribution in [-0.4, -0.2) is 24.7 Å². The average Bonchev–Trinajstić information content (AvgIpc) is 2.47. The molecule has 1 aliphatic carbocycles. The maximum absolute atomic E-state index is 12.4. The zero-order valence-electron chi connectivity index (χ0n) is 10.6. The largest absolute Gasteiger partial charge is 0.459 e. The van der Waals surface area contributed by atoms with E-state index in [4.69, 9.17) is 4.74 Å². The molecule has 0 amide bonds. The van der Waals surface area contributed by atoms with Gasteiger partial charge in [0.25, 0.3) is 0 Å². The third-order valence-electron chi connectivity index (χ3n) is 3.88. The second-order valence-corrected chi connectivity index (χ2v) is 6.21. The molecule has 3 heteroatoms. The van der Waals surface area contributed by atoms with Gasteiger partial charge < -0.3 is 10.1 Å². The zero-order valence-corrected chi connectivity index (χ0v) is 10.6. The molecule has 1 N–H and O–H groups in total. The van der Waals surface area contributed by atoms with E-state index in [0.717, 1.165) is 19.5 Å². The molecule has 2 rings (SSSR count). The fraction of sp³-hybridized carbons (Fsp3) is 0.923. The maximum Gasteiger partial charge on any atom is 0.314 e. The number of ether oxygens (including phenoxy) is 1. The van der Waals surface area contributed by atoms with Crippen molar-refractivity contribution >= 4 is 5.97 Å². The van der Waals surface area contributed by atoms with E-state index >= 15 is 0 Å². The molecule has 0 radical (unpaired) electrons. The Kier molecular flexibility index (Phi) is 2.99. The van der Waals surface area contributed by atoms with Crippen molar-refractivity contribution in [3.63, 3.8) is 0 Å². The van der Waals surface area contributed by atoms with Crippen LogP contribution in [0.5, 0.6) is 0 Å². The van der Waals surface area contributed by atoms with Gasteiger partial charge in [0.15, 0.2) is 0 Å². The first-order valence-corrected chi connectivity index (χ1v) is 6.38. The zero-order chi connectivity index (χ0) is 11.8. The lowest BCUT2D eigenvalue weighted by atomic mass is 9.64. The fourth-order valence-corrected chi connectivity index (χ4v) is 2.74. The van der Waals surface area contributed by atoms with Gasteiger partial charge in [0.2, 0.25) is 0 Å². The minimum Gasteiger partial charge on any atom is -0.459 e. The van der Waals surface area contributed by atoms with Crippen molar-refractivity contribution in [2.24, 2.45) is 11.3 Å². The lowest BCUT2D eigenvalue weighted by Crippen LogP contribution is -2.46. The molecule has 1 saturated carbocycles. The minimum absolute atomic E-state index is 0.0229. The molecule has 1 heterocycles. The summed E-state index contributed by atoms with van der Waals surface area (Å²) in [5.74, 6) is 0.576. The van der Waals surface area contributed by atoms with Crippen LogP contribution in [0.15, 0.2) is 0 Å². The predicted molar refractivity (Wildman–Crippen MR) is 63.1 cm³/mol. The number of hydrogen-bond donors (Lipinski definition) is 1. The Morgan fingerprint density at radius 1 is 1.38 bits per heavy atom. The number of carbonyl (C=O) groups excluding carboxylic acids is 1. The first-order chi connectivity index (χ1) is 7.44. The molecule has 1 unspecified atom stereocenters. The number of rotatable bonds is 2. The quantitative estimate of drug-likeness (QED) is 0.731. The van der Waals surface area contributed by atoms with Crippen LogP contribution in [0.25, 0.3) is 0 Å². The highest BCUT2D eigenvalue weighted by atomic mass is 16.6. The predicted octanol–water partition coefficient (Wildman–Crippen LogP) is 2.11. The van der Waals surface area contributed by atoms with Crippen LogP contribution < -0.4 is 5.32 Å². The Bertz CT molecular complexity index is 270. The van der Waals surface area contributed by atoms with Gasteiger partial charge in [0, 0.05) is 6.54 Å². The summed E-state index contributed by atoms with van der Waals surface area (Å²) >= 11 is 0. The molecule has 1 saturated heterocycles. The summed E-state index contributed by atoms with van der Waals surface area (Å²) in [6.45, 7) is 7.60. The monoisotopic (exact) mass is 225 g/mol. The summed E-state index contributed by atoms with van der Waals surface area (Å²) in [7, 11) is 0. The molecule has 1 aliphatic heterocycles. The van der Waals surface area contributed by atoms with Crippen molar-refractivity contribution in [2.45, 2.75) is 52.1 Å². The van der Waals surface area contributed by atoms with E-state index in [1.165, 1.54) is 19.3 Å². The maximum atomic E-state index is 12.4. The SMILES string of the molecule is CC(C)(C)OC(=O)C1(C2CCC2)CCNC1. The van der Waals surface area contributed by atoms with Gasteiger partial charge in [-0.05, 0) is 52.5 Å². The third-order valence-corrected chi connectivity index (χ3v) is 3.88. The molecule has 2 fully saturated rings. The summed E-state index contributed by atoms with van der Waals surface area (Å²) < 4.78 is 5.60. The summed E-state index contributed by atoms with van der Waals surface area (Å²) in [5.41, 5.74) is -0.581. The lowest BCUT2D eigenvalue weighted by Gasteiger charge is -2.41. The Hall–Kier alpha value is -0.570. The van der Waals surface area contributed by atoms with Gasteiger partial charge in [0.1, 0.15) is 5.60 Å². The molecule has 2 aliphatic rings. The number of esters is 1. The molecule has 0 spiro atoms. The van der Waals surface area contributed by atoms with Crippen LogP contribution >= 0.6 is 0 Å². The van der Waals surface area contributed by atoms with Crippen molar-refractivity contribution in [2.75, 3.05) is 13.1 Å². The normalized spacial score (nSPS) is 31.2.